The first-order chi connectivity index (χ1) is 5.43. The summed E-state index contributed by atoms with van der Waals surface area (Å²) in [6, 6.07) is 0. The maximum atomic E-state index is 3.00. The fourth-order valence-electron chi connectivity index (χ4n) is 1.46. The van der Waals surface area contributed by atoms with Crippen molar-refractivity contribution in [1.82, 2.24) is 10.2 Å². The molecule has 1 N–H and O–H groups in total. The lowest BCUT2D eigenvalue weighted by Gasteiger charge is -2.24. The van der Waals surface area contributed by atoms with E-state index < -0.39 is 0 Å². The maximum absolute atomic E-state index is 3.00. The normalized spacial score (nSPS) is 20.8. The van der Waals surface area contributed by atoms with Gasteiger partial charge in [-0.2, -0.15) is 0 Å². The van der Waals surface area contributed by atoms with Crippen LogP contribution in [0.4, 0.5) is 0 Å². The molecule has 0 saturated carbocycles. The van der Waals surface area contributed by atoms with Gasteiger partial charge in [0, 0.05) is 13.6 Å². The lowest BCUT2D eigenvalue weighted by Crippen LogP contribution is -2.29. The number of nitrogens with one attached hydrogen (secondary N) is 1. The minimum absolute atomic E-state index is 1.11. The summed E-state index contributed by atoms with van der Waals surface area (Å²) < 4.78 is 0. The van der Waals surface area contributed by atoms with Crippen molar-refractivity contribution in [2.45, 2.75) is 19.3 Å². The summed E-state index contributed by atoms with van der Waals surface area (Å²) in [5, 5.41) is 3.00. The highest BCUT2D eigenvalue weighted by molar-refractivity contribution is 4.82. The van der Waals surface area contributed by atoms with Crippen LogP contribution in [-0.4, -0.2) is 31.6 Å². The van der Waals surface area contributed by atoms with Gasteiger partial charge in [0.15, 0.2) is 0 Å². The average Bonchev–Trinajstić information content (AvgIpc) is 2.07. The van der Waals surface area contributed by atoms with Crippen molar-refractivity contribution in [3.63, 3.8) is 0 Å². The molecule has 1 fully saturated rings. The molecular weight excluding hydrogens is 136 g/mol. The number of piperidine rings is 1. The first-order valence-electron chi connectivity index (χ1n) is 4.48. The molecule has 0 aromatic heterocycles. The van der Waals surface area contributed by atoms with Gasteiger partial charge in [-0.25, -0.2) is 0 Å². The molecule has 0 unspecified atom stereocenters. The second-order valence-electron chi connectivity index (χ2n) is 3.05. The summed E-state index contributed by atoms with van der Waals surface area (Å²) in [7, 11) is 1.94. The Kier molecular flexibility index (Phi) is 4.06. The molecule has 0 aromatic carbocycles. The molecule has 2 nitrogen and oxygen atoms in total. The van der Waals surface area contributed by atoms with E-state index in [4.69, 9.17) is 0 Å². The Morgan fingerprint density at radius 1 is 1.27 bits per heavy atom. The van der Waals surface area contributed by atoms with Gasteiger partial charge in [0.1, 0.15) is 0 Å². The smallest absolute Gasteiger partial charge is 0.0180 e. The topological polar surface area (TPSA) is 15.3 Å². The molecule has 0 aliphatic carbocycles. The zero-order valence-corrected chi connectivity index (χ0v) is 7.34. The number of nitrogens with zero attached hydrogens (tertiary/aromatic N) is 1. The molecule has 0 bridgehead atoms. The summed E-state index contributed by atoms with van der Waals surface area (Å²) in [6.45, 7) is 3.68. The van der Waals surface area contributed by atoms with E-state index in [-0.39, 0.29) is 0 Å². The molecule has 0 spiro atoms. The fourth-order valence-corrected chi connectivity index (χ4v) is 1.46. The molecule has 11 heavy (non-hydrogen) atoms. The van der Waals surface area contributed by atoms with Crippen LogP contribution in [0.15, 0.2) is 12.3 Å². The van der Waals surface area contributed by atoms with Gasteiger partial charge in [-0.3, -0.25) is 4.90 Å². The Morgan fingerprint density at radius 2 is 2.00 bits per heavy atom. The second kappa shape index (κ2) is 5.19. The summed E-state index contributed by atoms with van der Waals surface area (Å²) in [6.07, 6.45) is 8.38. The standard InChI is InChI=1S/C9H18N2/c1-10-6-5-9-11-7-3-2-4-8-11/h5-6,10H,2-4,7-9H2,1H3. The SMILES string of the molecule is CNC=CCN1CCCCC1. The Hall–Kier alpha value is -0.500. The molecule has 1 aliphatic heterocycles. The van der Waals surface area contributed by atoms with Crippen LogP contribution < -0.4 is 5.32 Å². The lowest BCUT2D eigenvalue weighted by atomic mass is 10.1. The van der Waals surface area contributed by atoms with Gasteiger partial charge in [0.25, 0.3) is 0 Å². The molecule has 2 heteroatoms. The van der Waals surface area contributed by atoms with Crippen LogP contribution in [0.5, 0.6) is 0 Å². The molecule has 0 atom stereocenters. The summed E-state index contributed by atoms with van der Waals surface area (Å²) >= 11 is 0. The van der Waals surface area contributed by atoms with Gasteiger partial charge in [0.2, 0.25) is 0 Å². The highest BCUT2D eigenvalue weighted by Gasteiger charge is 2.06. The third-order valence-corrected chi connectivity index (χ3v) is 2.10. The van der Waals surface area contributed by atoms with Crippen molar-refractivity contribution in [1.29, 1.82) is 0 Å². The van der Waals surface area contributed by atoms with Crippen molar-refractivity contribution in [3.05, 3.63) is 12.3 Å². The third-order valence-electron chi connectivity index (χ3n) is 2.10. The quantitative estimate of drug-likeness (QED) is 0.657. The van der Waals surface area contributed by atoms with Gasteiger partial charge >= 0.3 is 0 Å². The van der Waals surface area contributed by atoms with E-state index in [1.807, 2.05) is 13.2 Å². The molecule has 1 heterocycles. The third kappa shape index (κ3) is 3.42. The van der Waals surface area contributed by atoms with Crippen LogP contribution in [0.1, 0.15) is 19.3 Å². The molecule has 1 rings (SSSR count). The number of likely N-dealkylation sites (tertiary alicyclic amines) is 1. The second-order valence-corrected chi connectivity index (χ2v) is 3.05. The van der Waals surface area contributed by atoms with Crippen molar-refractivity contribution in [3.8, 4) is 0 Å². The van der Waals surface area contributed by atoms with E-state index in [1.165, 1.54) is 32.4 Å². The van der Waals surface area contributed by atoms with Gasteiger partial charge in [-0.05, 0) is 32.1 Å². The summed E-state index contributed by atoms with van der Waals surface area (Å²) in [5.41, 5.74) is 0. The van der Waals surface area contributed by atoms with Crippen LogP contribution in [-0.2, 0) is 0 Å². The predicted octanol–water partition coefficient (Wildman–Crippen LogP) is 1.21. The number of hydrogen-bond donors (Lipinski definition) is 1. The van der Waals surface area contributed by atoms with Gasteiger partial charge in [0.05, 0.1) is 0 Å². The molecule has 0 radical (unpaired) electrons. The van der Waals surface area contributed by atoms with E-state index in [0.717, 1.165) is 6.54 Å². The van der Waals surface area contributed by atoms with Crippen LogP contribution in [0.3, 0.4) is 0 Å². The van der Waals surface area contributed by atoms with Gasteiger partial charge in [-0.1, -0.05) is 12.5 Å². The Balaban J connectivity index is 2.09. The summed E-state index contributed by atoms with van der Waals surface area (Å²) in [4.78, 5) is 2.50. The molecule has 1 aliphatic rings. The van der Waals surface area contributed by atoms with E-state index in [0.29, 0.717) is 0 Å². The van der Waals surface area contributed by atoms with Crippen molar-refractivity contribution in [2.75, 3.05) is 26.7 Å². The van der Waals surface area contributed by atoms with Crippen molar-refractivity contribution < 1.29 is 0 Å². The van der Waals surface area contributed by atoms with Crippen LogP contribution >= 0.6 is 0 Å². The fraction of sp³-hybridized carbons (Fsp3) is 0.778. The Labute approximate surface area is 69.3 Å². The van der Waals surface area contributed by atoms with Crippen molar-refractivity contribution >= 4 is 0 Å². The average molecular weight is 154 g/mol. The minimum Gasteiger partial charge on any atom is -0.394 e. The van der Waals surface area contributed by atoms with Crippen LogP contribution in [0, 0.1) is 0 Å². The summed E-state index contributed by atoms with van der Waals surface area (Å²) in [5.74, 6) is 0. The van der Waals surface area contributed by atoms with E-state index in [9.17, 15) is 0 Å². The van der Waals surface area contributed by atoms with Crippen LogP contribution in [0.2, 0.25) is 0 Å². The predicted molar refractivity (Wildman–Crippen MR) is 48.5 cm³/mol. The Bertz CT molecular complexity index is 115. The Morgan fingerprint density at radius 3 is 2.64 bits per heavy atom. The highest BCUT2D eigenvalue weighted by Crippen LogP contribution is 2.07. The number of hydrogen-bond acceptors (Lipinski definition) is 2. The molecular formula is C9H18N2. The van der Waals surface area contributed by atoms with Gasteiger partial charge in [-0.15, -0.1) is 0 Å². The molecule has 0 amide bonds. The molecule has 1 saturated heterocycles. The number of rotatable bonds is 3. The largest absolute Gasteiger partial charge is 0.394 e. The minimum atomic E-state index is 1.11. The van der Waals surface area contributed by atoms with Crippen LogP contribution in [0.25, 0.3) is 0 Å². The zero-order chi connectivity index (χ0) is 7.94. The van der Waals surface area contributed by atoms with Gasteiger partial charge < -0.3 is 5.32 Å². The molecule has 64 valence electrons. The first kappa shape index (κ1) is 8.60. The zero-order valence-electron chi connectivity index (χ0n) is 7.34. The van der Waals surface area contributed by atoms with E-state index in [1.54, 1.807) is 0 Å². The van der Waals surface area contributed by atoms with E-state index in [2.05, 4.69) is 16.3 Å². The van der Waals surface area contributed by atoms with Crippen molar-refractivity contribution in [2.24, 2.45) is 0 Å². The first-order valence-corrected chi connectivity index (χ1v) is 4.48. The molecule has 0 aromatic rings. The van der Waals surface area contributed by atoms with E-state index >= 15 is 0 Å². The monoisotopic (exact) mass is 154 g/mol. The highest BCUT2D eigenvalue weighted by atomic mass is 15.1. The lowest BCUT2D eigenvalue weighted by molar-refractivity contribution is 0.251. The maximum Gasteiger partial charge on any atom is 0.0180 e.